The highest BCUT2D eigenvalue weighted by atomic mass is 32.2. The fourth-order valence-electron chi connectivity index (χ4n) is 7.11. The second-order valence-electron chi connectivity index (χ2n) is 10.6. The fraction of sp³-hybridized carbons (Fsp3) is 0.667. The van der Waals surface area contributed by atoms with Crippen LogP contribution in [0.2, 0.25) is 0 Å². The van der Waals surface area contributed by atoms with Gasteiger partial charge in [-0.25, -0.2) is 8.42 Å². The van der Waals surface area contributed by atoms with Crippen molar-refractivity contribution in [1.29, 1.82) is 0 Å². The van der Waals surface area contributed by atoms with E-state index in [2.05, 4.69) is 10.9 Å². The highest BCUT2D eigenvalue weighted by Crippen LogP contribution is 2.60. The molecule has 174 valence electrons. The topological polar surface area (TPSA) is 95.6 Å². The molecule has 1 aromatic carbocycles. The molecule has 5 fully saturated rings. The summed E-state index contributed by atoms with van der Waals surface area (Å²) in [5, 5.41) is 0. The van der Waals surface area contributed by atoms with Crippen LogP contribution < -0.4 is 10.9 Å². The molecule has 32 heavy (non-hydrogen) atoms. The zero-order valence-corrected chi connectivity index (χ0v) is 19.3. The van der Waals surface area contributed by atoms with Crippen LogP contribution in [0.3, 0.4) is 0 Å². The van der Waals surface area contributed by atoms with Crippen LogP contribution in [0.4, 0.5) is 0 Å². The third kappa shape index (κ3) is 4.19. The summed E-state index contributed by atoms with van der Waals surface area (Å²) in [4.78, 5) is 25.9. The van der Waals surface area contributed by atoms with E-state index in [-0.39, 0.29) is 34.5 Å². The molecule has 4 aliphatic carbocycles. The number of piperidine rings is 1. The lowest BCUT2D eigenvalue weighted by atomic mass is 9.49. The quantitative estimate of drug-likeness (QED) is 0.662. The molecule has 2 amide bonds. The van der Waals surface area contributed by atoms with E-state index >= 15 is 0 Å². The van der Waals surface area contributed by atoms with Crippen molar-refractivity contribution in [3.63, 3.8) is 0 Å². The molecule has 1 aliphatic heterocycles. The first kappa shape index (κ1) is 21.9. The second kappa shape index (κ2) is 8.45. The van der Waals surface area contributed by atoms with Gasteiger partial charge in [0.2, 0.25) is 21.8 Å². The molecular weight excluding hydrogens is 426 g/mol. The van der Waals surface area contributed by atoms with Gasteiger partial charge in [0.15, 0.2) is 0 Å². The Hall–Kier alpha value is -1.93. The maximum Gasteiger partial charge on any atom is 0.244 e. The Morgan fingerprint density at radius 2 is 1.59 bits per heavy atom. The first-order valence-corrected chi connectivity index (χ1v) is 13.4. The Balaban J connectivity index is 1.14. The molecule has 0 radical (unpaired) electrons. The number of carbonyl (C=O) groups is 2. The van der Waals surface area contributed by atoms with Gasteiger partial charge in [-0.15, -0.1) is 0 Å². The summed E-state index contributed by atoms with van der Waals surface area (Å²) < 4.78 is 27.3. The van der Waals surface area contributed by atoms with Crippen LogP contribution in [0.1, 0.15) is 57.8 Å². The van der Waals surface area contributed by atoms with E-state index in [1.54, 1.807) is 30.3 Å². The molecule has 4 saturated carbocycles. The number of hydrogen-bond acceptors (Lipinski definition) is 4. The number of nitrogens with one attached hydrogen (secondary N) is 2. The van der Waals surface area contributed by atoms with Gasteiger partial charge in [-0.2, -0.15) is 4.31 Å². The van der Waals surface area contributed by atoms with Crippen LogP contribution >= 0.6 is 0 Å². The second-order valence-corrected chi connectivity index (χ2v) is 12.5. The van der Waals surface area contributed by atoms with Crippen molar-refractivity contribution in [1.82, 2.24) is 15.2 Å². The zero-order valence-electron chi connectivity index (χ0n) is 18.5. The Morgan fingerprint density at radius 1 is 0.969 bits per heavy atom. The SMILES string of the molecule is O=C(CC1CCCN(S(=O)(=O)c2ccccc2)C1)NNC(=O)C12CC3CC(CC(C3)C1)C2. The highest BCUT2D eigenvalue weighted by molar-refractivity contribution is 7.89. The van der Waals surface area contributed by atoms with Crippen LogP contribution in [0.5, 0.6) is 0 Å². The summed E-state index contributed by atoms with van der Waals surface area (Å²) in [6.07, 6.45) is 8.40. The number of carbonyl (C=O) groups excluding carboxylic acids is 2. The average molecular weight is 460 g/mol. The lowest BCUT2D eigenvalue weighted by Gasteiger charge is -2.55. The number of hydrazine groups is 1. The van der Waals surface area contributed by atoms with Gasteiger partial charge in [-0.05, 0) is 87.2 Å². The average Bonchev–Trinajstić information content (AvgIpc) is 2.77. The van der Waals surface area contributed by atoms with E-state index in [0.29, 0.717) is 30.8 Å². The van der Waals surface area contributed by atoms with Gasteiger partial charge >= 0.3 is 0 Å². The molecule has 1 atom stereocenters. The molecule has 7 nitrogen and oxygen atoms in total. The Morgan fingerprint density at radius 3 is 2.22 bits per heavy atom. The molecule has 8 heteroatoms. The molecule has 0 spiro atoms. The first-order chi connectivity index (χ1) is 15.3. The van der Waals surface area contributed by atoms with Gasteiger partial charge in [-0.1, -0.05) is 18.2 Å². The summed E-state index contributed by atoms with van der Waals surface area (Å²) in [7, 11) is -3.55. The highest BCUT2D eigenvalue weighted by Gasteiger charge is 2.54. The maximum absolute atomic E-state index is 13.0. The smallest absolute Gasteiger partial charge is 0.244 e. The van der Waals surface area contributed by atoms with Gasteiger partial charge in [0.05, 0.1) is 10.3 Å². The van der Waals surface area contributed by atoms with Gasteiger partial charge < -0.3 is 0 Å². The van der Waals surface area contributed by atoms with Crippen molar-refractivity contribution in [2.24, 2.45) is 29.1 Å². The summed E-state index contributed by atoms with van der Waals surface area (Å²) in [6.45, 7) is 0.797. The van der Waals surface area contributed by atoms with Crippen molar-refractivity contribution in [3.8, 4) is 0 Å². The van der Waals surface area contributed by atoms with Crippen LogP contribution in [-0.2, 0) is 19.6 Å². The first-order valence-electron chi connectivity index (χ1n) is 12.0. The fourth-order valence-corrected chi connectivity index (χ4v) is 8.69. The maximum atomic E-state index is 13.0. The van der Waals surface area contributed by atoms with Gasteiger partial charge in [0, 0.05) is 19.5 Å². The van der Waals surface area contributed by atoms with Crippen LogP contribution in [0.25, 0.3) is 0 Å². The molecule has 1 unspecified atom stereocenters. The molecule has 0 aromatic heterocycles. The minimum Gasteiger partial charge on any atom is -0.273 e. The minimum atomic E-state index is -3.55. The van der Waals surface area contributed by atoms with Crippen molar-refractivity contribution < 1.29 is 18.0 Å². The van der Waals surface area contributed by atoms with E-state index in [9.17, 15) is 18.0 Å². The van der Waals surface area contributed by atoms with Gasteiger partial charge in [0.25, 0.3) is 0 Å². The summed E-state index contributed by atoms with van der Waals surface area (Å²) >= 11 is 0. The Bertz CT molecular complexity index is 943. The van der Waals surface area contributed by atoms with Crippen LogP contribution in [0.15, 0.2) is 35.2 Å². The van der Waals surface area contributed by atoms with E-state index in [1.165, 1.54) is 23.6 Å². The van der Waals surface area contributed by atoms with Gasteiger partial charge in [0.1, 0.15) is 0 Å². The standard InChI is InChI=1S/C24H33N3O4S/c28-22(25-26-23(29)24-13-18-9-19(14-24)11-20(10-18)15-24)12-17-5-4-8-27(16-17)32(30,31)21-6-2-1-3-7-21/h1-3,6-7,17-20H,4-5,8-16H2,(H,25,28)(H,26,29). The predicted molar refractivity (Wildman–Crippen MR) is 119 cm³/mol. The molecule has 1 heterocycles. The number of amides is 2. The largest absolute Gasteiger partial charge is 0.273 e. The normalized spacial score (nSPS) is 34.2. The molecule has 2 N–H and O–H groups in total. The minimum absolute atomic E-state index is 0.0260. The number of nitrogens with zero attached hydrogens (tertiary/aromatic N) is 1. The molecule has 1 aromatic rings. The number of hydrogen-bond donors (Lipinski definition) is 2. The predicted octanol–water partition coefficient (Wildman–Crippen LogP) is 2.84. The summed E-state index contributed by atoms with van der Waals surface area (Å²) in [5.41, 5.74) is 5.06. The Kier molecular flexibility index (Phi) is 5.78. The van der Waals surface area contributed by atoms with Crippen molar-refractivity contribution in [2.75, 3.05) is 13.1 Å². The zero-order chi connectivity index (χ0) is 22.3. The summed E-state index contributed by atoms with van der Waals surface area (Å²) in [6, 6.07) is 8.43. The molecule has 6 rings (SSSR count). The van der Waals surface area contributed by atoms with Gasteiger partial charge in [-0.3, -0.25) is 20.4 Å². The van der Waals surface area contributed by atoms with Crippen molar-refractivity contribution in [2.45, 2.75) is 62.7 Å². The van der Waals surface area contributed by atoms with E-state index < -0.39 is 10.0 Å². The molecule has 4 bridgehead atoms. The number of sulfonamides is 1. The number of benzene rings is 1. The lowest BCUT2D eigenvalue weighted by molar-refractivity contribution is -0.149. The van der Waals surface area contributed by atoms with E-state index in [0.717, 1.165) is 32.1 Å². The Labute approximate surface area is 190 Å². The monoisotopic (exact) mass is 459 g/mol. The van der Waals surface area contributed by atoms with E-state index in [1.807, 2.05) is 0 Å². The molecule has 1 saturated heterocycles. The molecular formula is C24H33N3O4S. The van der Waals surface area contributed by atoms with Crippen molar-refractivity contribution >= 4 is 21.8 Å². The summed E-state index contributed by atoms with van der Waals surface area (Å²) in [5.74, 6) is 1.68. The molecule has 5 aliphatic rings. The van der Waals surface area contributed by atoms with E-state index in [4.69, 9.17) is 0 Å². The van der Waals surface area contributed by atoms with Crippen LogP contribution in [0, 0.1) is 29.1 Å². The number of rotatable bonds is 5. The lowest BCUT2D eigenvalue weighted by Crippen LogP contribution is -2.57. The van der Waals surface area contributed by atoms with Crippen LogP contribution in [-0.4, -0.2) is 37.6 Å². The third-order valence-electron chi connectivity index (χ3n) is 8.17. The van der Waals surface area contributed by atoms with Crippen molar-refractivity contribution in [3.05, 3.63) is 30.3 Å². The third-order valence-corrected chi connectivity index (χ3v) is 10.1.